The Morgan fingerprint density at radius 3 is 1.80 bits per heavy atom. The van der Waals surface area contributed by atoms with Crippen LogP contribution in [0.25, 0.3) is 0 Å². The third-order valence-corrected chi connectivity index (χ3v) is 4.34. The van der Waals surface area contributed by atoms with Crippen LogP contribution in [0.5, 0.6) is 0 Å². The first kappa shape index (κ1) is 17.9. The van der Waals surface area contributed by atoms with Crippen molar-refractivity contribution in [3.05, 3.63) is 0 Å². The maximum absolute atomic E-state index is 11.0. The number of hydrogen-bond acceptors (Lipinski definition) is 5. The van der Waals surface area contributed by atoms with Crippen molar-refractivity contribution in [2.45, 2.75) is 64.3 Å². The topological polar surface area (TPSA) is 76.0 Å². The van der Waals surface area contributed by atoms with Crippen molar-refractivity contribution >= 4 is 0 Å². The van der Waals surface area contributed by atoms with Crippen LogP contribution in [0.1, 0.15) is 47.5 Å². The number of aliphatic hydroxyl groups is 3. The van der Waals surface area contributed by atoms with Gasteiger partial charge in [0.05, 0.1) is 13.2 Å². The van der Waals surface area contributed by atoms with E-state index in [1.807, 2.05) is 0 Å². The number of nitrogens with zero attached hydrogens (tertiary/aromatic N) is 1. The number of rotatable bonds is 6. The standard InChI is InChI=1S/C15H32N2O3/c1-13(2)10-12(11-14(3,4)16-13)15(5,20)17(6-8-18)7-9-19/h12,16,18-20H,6-11H2,1-5H3. The van der Waals surface area contributed by atoms with Crippen LogP contribution in [0.2, 0.25) is 0 Å². The molecule has 1 unspecified atom stereocenters. The Morgan fingerprint density at radius 2 is 1.45 bits per heavy atom. The lowest BCUT2D eigenvalue weighted by Gasteiger charge is -2.53. The Kier molecular flexibility index (Phi) is 5.60. The molecule has 0 radical (unpaired) electrons. The van der Waals surface area contributed by atoms with Gasteiger partial charge in [-0.15, -0.1) is 0 Å². The zero-order valence-electron chi connectivity index (χ0n) is 13.6. The average molecular weight is 288 g/mol. The molecule has 1 aliphatic heterocycles. The third-order valence-electron chi connectivity index (χ3n) is 4.34. The van der Waals surface area contributed by atoms with E-state index in [1.165, 1.54) is 0 Å². The van der Waals surface area contributed by atoms with E-state index in [9.17, 15) is 15.3 Å². The van der Waals surface area contributed by atoms with Gasteiger partial charge in [0.1, 0.15) is 5.72 Å². The molecule has 1 heterocycles. The molecule has 0 aromatic heterocycles. The molecule has 0 aromatic carbocycles. The van der Waals surface area contributed by atoms with E-state index in [2.05, 4.69) is 33.0 Å². The van der Waals surface area contributed by atoms with Crippen molar-refractivity contribution in [3.63, 3.8) is 0 Å². The second-order valence-electron chi connectivity index (χ2n) is 7.53. The van der Waals surface area contributed by atoms with Gasteiger partial charge in [-0.2, -0.15) is 0 Å². The Bertz CT molecular complexity index is 294. The van der Waals surface area contributed by atoms with Gasteiger partial charge in [0.2, 0.25) is 0 Å². The summed E-state index contributed by atoms with van der Waals surface area (Å²) in [4.78, 5) is 1.79. The van der Waals surface area contributed by atoms with Crippen molar-refractivity contribution < 1.29 is 15.3 Å². The molecular formula is C15H32N2O3. The first-order valence-electron chi connectivity index (χ1n) is 7.52. The van der Waals surface area contributed by atoms with Gasteiger partial charge < -0.3 is 20.6 Å². The molecule has 1 rings (SSSR count). The van der Waals surface area contributed by atoms with Gasteiger partial charge in [-0.1, -0.05) is 0 Å². The zero-order chi connectivity index (χ0) is 15.6. The maximum atomic E-state index is 11.0. The molecule has 4 N–H and O–H groups in total. The monoisotopic (exact) mass is 288 g/mol. The molecular weight excluding hydrogens is 256 g/mol. The first-order chi connectivity index (χ1) is 9.04. The van der Waals surface area contributed by atoms with Crippen LogP contribution in [-0.4, -0.2) is 63.3 Å². The summed E-state index contributed by atoms with van der Waals surface area (Å²) in [7, 11) is 0. The van der Waals surface area contributed by atoms with Crippen LogP contribution < -0.4 is 5.32 Å². The van der Waals surface area contributed by atoms with Crippen molar-refractivity contribution in [1.29, 1.82) is 0 Å². The van der Waals surface area contributed by atoms with Crippen molar-refractivity contribution in [2.24, 2.45) is 5.92 Å². The Hall–Kier alpha value is -0.200. The van der Waals surface area contributed by atoms with Crippen molar-refractivity contribution in [1.82, 2.24) is 10.2 Å². The summed E-state index contributed by atoms with van der Waals surface area (Å²) >= 11 is 0. The second-order valence-corrected chi connectivity index (χ2v) is 7.53. The van der Waals surface area contributed by atoms with Gasteiger partial charge in [-0.3, -0.25) is 4.90 Å². The highest BCUT2D eigenvalue weighted by Gasteiger charge is 2.46. The van der Waals surface area contributed by atoms with Gasteiger partial charge in [-0.25, -0.2) is 0 Å². The van der Waals surface area contributed by atoms with Crippen LogP contribution >= 0.6 is 0 Å². The fourth-order valence-electron chi connectivity index (χ4n) is 3.77. The van der Waals surface area contributed by atoms with Crippen molar-refractivity contribution in [3.8, 4) is 0 Å². The Labute approximate surface area is 123 Å². The van der Waals surface area contributed by atoms with Gasteiger partial charge in [0.15, 0.2) is 0 Å². The van der Waals surface area contributed by atoms with Gasteiger partial charge in [0, 0.05) is 30.1 Å². The Balaban J connectivity index is 2.93. The van der Waals surface area contributed by atoms with E-state index in [4.69, 9.17) is 0 Å². The summed E-state index contributed by atoms with van der Waals surface area (Å²) in [6.07, 6.45) is 1.72. The molecule has 0 saturated carbocycles. The van der Waals surface area contributed by atoms with E-state index in [1.54, 1.807) is 11.8 Å². The molecule has 1 aliphatic rings. The lowest BCUT2D eigenvalue weighted by Crippen LogP contribution is -2.64. The highest BCUT2D eigenvalue weighted by atomic mass is 16.3. The van der Waals surface area contributed by atoms with Gasteiger partial charge >= 0.3 is 0 Å². The minimum absolute atomic E-state index is 0.0199. The predicted octanol–water partition coefficient (Wildman–Crippen LogP) is 0.538. The summed E-state index contributed by atoms with van der Waals surface area (Å²) in [6.45, 7) is 11.1. The van der Waals surface area contributed by atoms with E-state index < -0.39 is 5.72 Å². The minimum Gasteiger partial charge on any atom is -0.395 e. The summed E-state index contributed by atoms with van der Waals surface area (Å²) in [5, 5.41) is 33.0. The number of aliphatic hydroxyl groups excluding tert-OH is 2. The number of hydrogen-bond donors (Lipinski definition) is 4. The first-order valence-corrected chi connectivity index (χ1v) is 7.52. The lowest BCUT2D eigenvalue weighted by molar-refractivity contribution is -0.163. The second kappa shape index (κ2) is 6.28. The van der Waals surface area contributed by atoms with Crippen LogP contribution in [0.15, 0.2) is 0 Å². The predicted molar refractivity (Wildman–Crippen MR) is 80.4 cm³/mol. The van der Waals surface area contributed by atoms with Crippen LogP contribution in [0, 0.1) is 5.92 Å². The van der Waals surface area contributed by atoms with Crippen LogP contribution in [0.4, 0.5) is 0 Å². The molecule has 1 saturated heterocycles. The fourth-order valence-corrected chi connectivity index (χ4v) is 3.77. The van der Waals surface area contributed by atoms with E-state index >= 15 is 0 Å². The van der Waals surface area contributed by atoms with Crippen molar-refractivity contribution in [2.75, 3.05) is 26.3 Å². The van der Waals surface area contributed by atoms with E-state index in [0.717, 1.165) is 12.8 Å². The van der Waals surface area contributed by atoms with Crippen LogP contribution in [-0.2, 0) is 0 Å². The molecule has 120 valence electrons. The van der Waals surface area contributed by atoms with E-state index in [0.29, 0.717) is 13.1 Å². The average Bonchev–Trinajstić information content (AvgIpc) is 2.24. The molecule has 1 atom stereocenters. The highest BCUT2D eigenvalue weighted by molar-refractivity contribution is 5.01. The molecule has 0 aromatic rings. The summed E-state index contributed by atoms with van der Waals surface area (Å²) in [6, 6.07) is 0. The normalized spacial score (nSPS) is 25.6. The number of nitrogens with one attached hydrogen (secondary N) is 1. The quantitative estimate of drug-likeness (QED) is 0.537. The third kappa shape index (κ3) is 4.40. The Morgan fingerprint density at radius 1 is 1.05 bits per heavy atom. The smallest absolute Gasteiger partial charge is 0.118 e. The SMILES string of the molecule is CC1(C)CC(C(C)(O)N(CCO)CCO)CC(C)(C)N1. The molecule has 1 fully saturated rings. The maximum Gasteiger partial charge on any atom is 0.118 e. The van der Waals surface area contributed by atoms with Gasteiger partial charge in [-0.05, 0) is 47.5 Å². The van der Waals surface area contributed by atoms with Gasteiger partial charge in [0.25, 0.3) is 0 Å². The fraction of sp³-hybridized carbons (Fsp3) is 1.00. The molecule has 5 heteroatoms. The molecule has 20 heavy (non-hydrogen) atoms. The molecule has 0 amide bonds. The molecule has 5 nitrogen and oxygen atoms in total. The minimum atomic E-state index is -1.03. The largest absolute Gasteiger partial charge is 0.395 e. The summed E-state index contributed by atoms with van der Waals surface area (Å²) in [5.74, 6) is 0.0897. The molecule has 0 bridgehead atoms. The summed E-state index contributed by atoms with van der Waals surface area (Å²) < 4.78 is 0. The lowest BCUT2D eigenvalue weighted by atomic mass is 9.71. The highest BCUT2D eigenvalue weighted by Crippen LogP contribution is 2.39. The zero-order valence-corrected chi connectivity index (χ0v) is 13.6. The number of piperidine rings is 1. The molecule has 0 aliphatic carbocycles. The summed E-state index contributed by atoms with van der Waals surface area (Å²) in [5.41, 5.74) is -1.11. The molecule has 0 spiro atoms. The van der Waals surface area contributed by atoms with Crippen LogP contribution in [0.3, 0.4) is 0 Å². The van der Waals surface area contributed by atoms with E-state index in [-0.39, 0.29) is 30.2 Å².